The number of rotatable bonds is 10. The lowest BCUT2D eigenvalue weighted by Crippen LogP contribution is -2.55. The minimum absolute atomic E-state index is 0.0836. The van der Waals surface area contributed by atoms with Crippen molar-refractivity contribution >= 4 is 17.8 Å². The molecule has 34 heavy (non-hydrogen) atoms. The molecule has 6 nitrogen and oxygen atoms in total. The summed E-state index contributed by atoms with van der Waals surface area (Å²) in [5.41, 5.74) is 3.50. The fourth-order valence-corrected chi connectivity index (χ4v) is 3.55. The lowest BCUT2D eigenvalue weighted by Gasteiger charge is -2.33. The number of carbonyl (C=O) groups excluding carboxylic acids is 3. The number of esters is 2. The largest absolute Gasteiger partial charge is 0.463 e. The summed E-state index contributed by atoms with van der Waals surface area (Å²) in [6.07, 6.45) is 2.72. The minimum Gasteiger partial charge on any atom is -0.463 e. The predicted octanol–water partition coefficient (Wildman–Crippen LogP) is 3.91. The van der Waals surface area contributed by atoms with Gasteiger partial charge in [-0.15, -0.1) is 0 Å². The third kappa shape index (κ3) is 9.91. The van der Waals surface area contributed by atoms with Crippen LogP contribution in [0.3, 0.4) is 0 Å². The zero-order chi connectivity index (χ0) is 25.0. The summed E-state index contributed by atoms with van der Waals surface area (Å²) in [5, 5.41) is 2.82. The first-order chi connectivity index (χ1) is 16.2. The molecule has 2 aromatic rings. The van der Waals surface area contributed by atoms with Gasteiger partial charge in [-0.25, -0.2) is 0 Å². The molecule has 0 aliphatic carbocycles. The topological polar surface area (TPSA) is 81.7 Å². The van der Waals surface area contributed by atoms with Crippen LogP contribution in [0.25, 0.3) is 0 Å². The molecule has 0 unspecified atom stereocenters. The van der Waals surface area contributed by atoms with Crippen LogP contribution in [0, 0.1) is 18.8 Å². The molecule has 0 fully saturated rings. The molecule has 0 aliphatic heterocycles. The molecule has 1 N–H and O–H groups in total. The molecule has 0 aliphatic rings. The van der Waals surface area contributed by atoms with Crippen molar-refractivity contribution in [3.63, 3.8) is 0 Å². The Morgan fingerprint density at radius 3 is 2.09 bits per heavy atom. The van der Waals surface area contributed by atoms with Gasteiger partial charge in [0.05, 0.1) is 0 Å². The second-order valence-electron chi connectivity index (χ2n) is 8.51. The van der Waals surface area contributed by atoms with Gasteiger partial charge in [-0.05, 0) is 49.4 Å². The van der Waals surface area contributed by atoms with Crippen LogP contribution in [0.4, 0.5) is 0 Å². The maximum atomic E-state index is 11.8. The second kappa shape index (κ2) is 13.2. The van der Waals surface area contributed by atoms with Crippen molar-refractivity contribution in [2.45, 2.75) is 58.9 Å². The summed E-state index contributed by atoms with van der Waals surface area (Å²) in [6, 6.07) is 16.4. The highest BCUT2D eigenvalue weighted by Gasteiger charge is 2.34. The van der Waals surface area contributed by atoms with Crippen molar-refractivity contribution < 1.29 is 23.9 Å². The molecule has 0 bridgehead atoms. The van der Waals surface area contributed by atoms with Gasteiger partial charge < -0.3 is 14.8 Å². The Bertz CT molecular complexity index is 1030. The number of nitrogens with one attached hydrogen (secondary N) is 1. The summed E-state index contributed by atoms with van der Waals surface area (Å²) in [6.45, 7) is 5.89. The van der Waals surface area contributed by atoms with E-state index < -0.39 is 17.5 Å². The number of aryl methyl sites for hydroxylation is 3. The molecule has 2 aromatic carbocycles. The van der Waals surface area contributed by atoms with Crippen molar-refractivity contribution in [1.82, 2.24) is 5.32 Å². The SMILES string of the molecule is CC(=O)NC(CCc1ccc(C#CCCc2cccc(C)c2)cc1)(COC(C)=O)COC(C)=O. The van der Waals surface area contributed by atoms with Crippen LogP contribution in [-0.4, -0.2) is 36.6 Å². The number of benzene rings is 2. The van der Waals surface area contributed by atoms with Crippen LogP contribution in [0.15, 0.2) is 48.5 Å². The van der Waals surface area contributed by atoms with E-state index in [-0.39, 0.29) is 19.1 Å². The van der Waals surface area contributed by atoms with Crippen molar-refractivity contribution in [1.29, 1.82) is 0 Å². The number of carbonyl (C=O) groups is 3. The highest BCUT2D eigenvalue weighted by atomic mass is 16.5. The van der Waals surface area contributed by atoms with E-state index in [1.54, 1.807) is 0 Å². The molecule has 0 saturated heterocycles. The molecule has 0 saturated carbocycles. The number of amides is 1. The zero-order valence-electron chi connectivity index (χ0n) is 20.4. The summed E-state index contributed by atoms with van der Waals surface area (Å²) in [7, 11) is 0. The Balaban J connectivity index is 2.00. The standard InChI is InChI=1S/C28H33NO5/c1-21-8-7-11-27(18-21)10-6-5-9-25-12-14-26(15-13-25)16-17-28(29-22(2)30,19-33-23(3)31)20-34-24(4)32/h7-8,11-15,18H,6,10,16-17,19-20H2,1-4H3,(H,29,30). The van der Waals surface area contributed by atoms with Crippen molar-refractivity contribution in [3.8, 4) is 11.8 Å². The minimum atomic E-state index is -1.00. The van der Waals surface area contributed by atoms with Crippen LogP contribution in [0.1, 0.15) is 55.9 Å². The van der Waals surface area contributed by atoms with Gasteiger partial charge in [0, 0.05) is 32.8 Å². The monoisotopic (exact) mass is 463 g/mol. The first-order valence-electron chi connectivity index (χ1n) is 11.4. The molecule has 180 valence electrons. The Morgan fingerprint density at radius 2 is 1.53 bits per heavy atom. The Hall–Kier alpha value is -3.59. The van der Waals surface area contributed by atoms with Gasteiger partial charge in [0.25, 0.3) is 0 Å². The predicted molar refractivity (Wildman–Crippen MR) is 131 cm³/mol. The normalized spacial score (nSPS) is 10.6. The van der Waals surface area contributed by atoms with E-state index >= 15 is 0 Å². The van der Waals surface area contributed by atoms with E-state index in [2.05, 4.69) is 48.3 Å². The average molecular weight is 464 g/mol. The van der Waals surface area contributed by atoms with Crippen LogP contribution in [0.2, 0.25) is 0 Å². The van der Waals surface area contributed by atoms with Gasteiger partial charge in [0.15, 0.2) is 0 Å². The molecule has 0 heterocycles. The van der Waals surface area contributed by atoms with Gasteiger partial charge in [0.1, 0.15) is 18.8 Å². The number of ether oxygens (including phenoxy) is 2. The molecule has 0 aromatic heterocycles. The summed E-state index contributed by atoms with van der Waals surface area (Å²) >= 11 is 0. The van der Waals surface area contributed by atoms with Gasteiger partial charge in [-0.1, -0.05) is 53.8 Å². The van der Waals surface area contributed by atoms with E-state index in [1.807, 2.05) is 24.3 Å². The van der Waals surface area contributed by atoms with Crippen LogP contribution in [-0.2, 0) is 36.7 Å². The molecule has 2 rings (SSSR count). The molecular weight excluding hydrogens is 430 g/mol. The number of hydrogen-bond donors (Lipinski definition) is 1. The first-order valence-corrected chi connectivity index (χ1v) is 11.4. The Labute approximate surface area is 202 Å². The molecule has 6 heteroatoms. The molecular formula is C28H33NO5. The lowest BCUT2D eigenvalue weighted by atomic mass is 9.92. The third-order valence-electron chi connectivity index (χ3n) is 5.24. The van der Waals surface area contributed by atoms with Gasteiger partial charge in [-0.2, -0.15) is 0 Å². The molecule has 0 radical (unpaired) electrons. The second-order valence-corrected chi connectivity index (χ2v) is 8.51. The van der Waals surface area contributed by atoms with Crippen LogP contribution >= 0.6 is 0 Å². The van der Waals surface area contributed by atoms with E-state index in [0.717, 1.165) is 24.0 Å². The van der Waals surface area contributed by atoms with E-state index in [4.69, 9.17) is 9.47 Å². The van der Waals surface area contributed by atoms with Gasteiger partial charge in [0.2, 0.25) is 5.91 Å². The zero-order valence-corrected chi connectivity index (χ0v) is 20.4. The van der Waals surface area contributed by atoms with Crippen LogP contribution in [0.5, 0.6) is 0 Å². The van der Waals surface area contributed by atoms with Gasteiger partial charge in [-0.3, -0.25) is 14.4 Å². The third-order valence-corrected chi connectivity index (χ3v) is 5.24. The van der Waals surface area contributed by atoms with Crippen LogP contribution < -0.4 is 5.32 Å². The summed E-state index contributed by atoms with van der Waals surface area (Å²) < 4.78 is 10.4. The van der Waals surface area contributed by atoms with E-state index in [9.17, 15) is 14.4 Å². The highest BCUT2D eigenvalue weighted by molar-refractivity contribution is 5.74. The van der Waals surface area contributed by atoms with Gasteiger partial charge >= 0.3 is 11.9 Å². The van der Waals surface area contributed by atoms with Crippen molar-refractivity contribution in [2.75, 3.05) is 13.2 Å². The van der Waals surface area contributed by atoms with E-state index in [1.165, 1.54) is 31.9 Å². The highest BCUT2D eigenvalue weighted by Crippen LogP contribution is 2.18. The first kappa shape index (κ1) is 26.7. The summed E-state index contributed by atoms with van der Waals surface area (Å²) in [5.74, 6) is 5.19. The molecule has 0 atom stereocenters. The lowest BCUT2D eigenvalue weighted by molar-refractivity contribution is -0.150. The smallest absolute Gasteiger partial charge is 0.302 e. The van der Waals surface area contributed by atoms with Crippen molar-refractivity contribution in [3.05, 3.63) is 70.8 Å². The van der Waals surface area contributed by atoms with Crippen molar-refractivity contribution in [2.24, 2.45) is 0 Å². The quantitative estimate of drug-likeness (QED) is 0.427. The maximum Gasteiger partial charge on any atom is 0.302 e. The fraction of sp³-hybridized carbons (Fsp3) is 0.393. The Morgan fingerprint density at radius 1 is 0.882 bits per heavy atom. The molecule has 1 amide bonds. The fourth-order valence-electron chi connectivity index (χ4n) is 3.55. The maximum absolute atomic E-state index is 11.8. The van der Waals surface area contributed by atoms with E-state index in [0.29, 0.717) is 12.8 Å². The summed E-state index contributed by atoms with van der Waals surface area (Å²) in [4.78, 5) is 34.6. The number of hydrogen-bond acceptors (Lipinski definition) is 5. The Kier molecular flexibility index (Phi) is 10.3. The average Bonchev–Trinajstić information content (AvgIpc) is 2.78. The molecule has 0 spiro atoms.